The number of unbranched alkanes of at least 4 members (excludes halogenated alkanes) is 1. The van der Waals surface area contributed by atoms with Gasteiger partial charge in [-0.2, -0.15) is 0 Å². The fraction of sp³-hybridized carbons (Fsp3) is 0.400. The van der Waals surface area contributed by atoms with Crippen LogP contribution in [0.3, 0.4) is 0 Å². The topological polar surface area (TPSA) is 92.2 Å². The Morgan fingerprint density at radius 1 is 1.38 bits per heavy atom. The Labute approximate surface area is 121 Å². The van der Waals surface area contributed by atoms with Gasteiger partial charge in [-0.25, -0.2) is 4.79 Å². The number of carboxylic acids is 1. The van der Waals surface area contributed by atoms with Gasteiger partial charge in [-0.1, -0.05) is 19.8 Å². The monoisotopic (exact) mass is 290 g/mol. The Morgan fingerprint density at radius 3 is 2.71 bits per heavy atom. The zero-order valence-corrected chi connectivity index (χ0v) is 12.0. The molecule has 6 heteroatoms. The minimum absolute atomic E-state index is 0.0737. The molecule has 1 aromatic carbocycles. The highest BCUT2D eigenvalue weighted by Crippen LogP contribution is 2.18. The van der Waals surface area contributed by atoms with Crippen molar-refractivity contribution >= 4 is 17.0 Å². The van der Waals surface area contributed by atoms with E-state index in [9.17, 15) is 14.4 Å². The number of carbonyl (C=O) groups is 1. The second kappa shape index (κ2) is 5.95. The molecule has 1 heterocycles. The number of aromatic carboxylic acids is 1. The van der Waals surface area contributed by atoms with E-state index in [0.29, 0.717) is 11.0 Å². The number of aromatic amines is 1. The summed E-state index contributed by atoms with van der Waals surface area (Å²) in [6.45, 7) is 3.95. The summed E-state index contributed by atoms with van der Waals surface area (Å²) in [6, 6.07) is 4.27. The molecule has 0 saturated heterocycles. The van der Waals surface area contributed by atoms with E-state index >= 15 is 0 Å². The maximum Gasteiger partial charge on any atom is 0.335 e. The van der Waals surface area contributed by atoms with Gasteiger partial charge in [0.1, 0.15) is 0 Å². The number of carboxylic acid groups (broad SMARTS) is 1. The van der Waals surface area contributed by atoms with Crippen LogP contribution in [0.1, 0.15) is 49.5 Å². The Bertz CT molecular complexity index is 788. The first-order chi connectivity index (χ1) is 9.95. The van der Waals surface area contributed by atoms with Gasteiger partial charge in [-0.15, -0.1) is 0 Å². The zero-order chi connectivity index (χ0) is 15.6. The number of hydrogen-bond acceptors (Lipinski definition) is 3. The number of benzene rings is 1. The number of fused-ring (bicyclic) bond motifs is 1. The van der Waals surface area contributed by atoms with Crippen LogP contribution in [0, 0.1) is 0 Å². The van der Waals surface area contributed by atoms with Crippen LogP contribution in [0.4, 0.5) is 0 Å². The largest absolute Gasteiger partial charge is 0.478 e. The third-order valence-electron chi connectivity index (χ3n) is 3.58. The maximum absolute atomic E-state index is 12.1. The fourth-order valence-electron chi connectivity index (χ4n) is 2.44. The summed E-state index contributed by atoms with van der Waals surface area (Å²) in [6.07, 6.45) is 2.74. The van der Waals surface area contributed by atoms with Crippen LogP contribution in [0.2, 0.25) is 0 Å². The number of nitrogens with one attached hydrogen (secondary N) is 1. The predicted octanol–water partition coefficient (Wildman–Crippen LogP) is 2.14. The molecule has 1 aromatic heterocycles. The second-order valence-electron chi connectivity index (χ2n) is 5.16. The van der Waals surface area contributed by atoms with Crippen LogP contribution in [0.5, 0.6) is 0 Å². The van der Waals surface area contributed by atoms with Gasteiger partial charge in [-0.3, -0.25) is 14.2 Å². The lowest BCUT2D eigenvalue weighted by molar-refractivity contribution is 0.0697. The standard InChI is InChI=1S/C15H18N2O4/c1-3-4-5-9(2)17-12-7-6-10(15(20)21)8-11(12)16-13(18)14(17)19/h6-9H,3-5H2,1-2H3,(H,16,18)(H,20,21). The van der Waals surface area contributed by atoms with Crippen molar-refractivity contribution in [2.75, 3.05) is 0 Å². The molecular weight excluding hydrogens is 272 g/mol. The van der Waals surface area contributed by atoms with Gasteiger partial charge in [0.05, 0.1) is 16.6 Å². The van der Waals surface area contributed by atoms with E-state index in [1.54, 1.807) is 6.07 Å². The van der Waals surface area contributed by atoms with Crippen molar-refractivity contribution < 1.29 is 9.90 Å². The number of nitrogens with zero attached hydrogens (tertiary/aromatic N) is 1. The third kappa shape index (κ3) is 2.89. The average Bonchev–Trinajstić information content (AvgIpc) is 2.45. The first kappa shape index (κ1) is 15.0. The summed E-state index contributed by atoms with van der Waals surface area (Å²) < 4.78 is 1.45. The zero-order valence-electron chi connectivity index (χ0n) is 12.0. The highest BCUT2D eigenvalue weighted by molar-refractivity contribution is 5.92. The Hall–Kier alpha value is -2.37. The second-order valence-corrected chi connectivity index (χ2v) is 5.16. The van der Waals surface area contributed by atoms with E-state index in [-0.39, 0.29) is 11.6 Å². The lowest BCUT2D eigenvalue weighted by Crippen LogP contribution is -2.37. The molecule has 0 aliphatic carbocycles. The highest BCUT2D eigenvalue weighted by atomic mass is 16.4. The minimum Gasteiger partial charge on any atom is -0.478 e. The van der Waals surface area contributed by atoms with Crippen LogP contribution in [-0.2, 0) is 0 Å². The van der Waals surface area contributed by atoms with E-state index in [2.05, 4.69) is 11.9 Å². The molecular formula is C15H18N2O4. The van der Waals surface area contributed by atoms with Gasteiger partial charge >= 0.3 is 17.1 Å². The Morgan fingerprint density at radius 2 is 2.10 bits per heavy atom. The summed E-state index contributed by atoms with van der Waals surface area (Å²) in [5.41, 5.74) is -0.344. The van der Waals surface area contributed by atoms with Gasteiger partial charge in [0.2, 0.25) is 0 Å². The van der Waals surface area contributed by atoms with E-state index in [1.807, 2.05) is 6.92 Å². The number of H-pyrrole nitrogens is 1. The first-order valence-electron chi connectivity index (χ1n) is 6.97. The lowest BCUT2D eigenvalue weighted by Gasteiger charge is -2.17. The van der Waals surface area contributed by atoms with Crippen molar-refractivity contribution in [1.82, 2.24) is 9.55 Å². The summed E-state index contributed by atoms with van der Waals surface area (Å²) in [7, 11) is 0. The maximum atomic E-state index is 12.1. The number of aromatic nitrogens is 2. The Kier molecular flexibility index (Phi) is 4.26. The van der Waals surface area contributed by atoms with Crippen molar-refractivity contribution in [2.24, 2.45) is 0 Å². The molecule has 1 atom stereocenters. The van der Waals surface area contributed by atoms with Crippen molar-refractivity contribution in [3.05, 3.63) is 44.5 Å². The van der Waals surface area contributed by atoms with Crippen LogP contribution >= 0.6 is 0 Å². The van der Waals surface area contributed by atoms with E-state index in [0.717, 1.165) is 19.3 Å². The van der Waals surface area contributed by atoms with E-state index in [4.69, 9.17) is 5.11 Å². The quantitative estimate of drug-likeness (QED) is 0.825. The van der Waals surface area contributed by atoms with Crippen LogP contribution in [0.25, 0.3) is 11.0 Å². The molecule has 0 bridgehead atoms. The molecule has 2 rings (SSSR count). The van der Waals surface area contributed by atoms with E-state index in [1.165, 1.54) is 16.7 Å². The van der Waals surface area contributed by atoms with Gasteiger partial charge in [0, 0.05) is 6.04 Å². The molecule has 2 aromatic rings. The molecule has 0 aliphatic heterocycles. The van der Waals surface area contributed by atoms with Crippen LogP contribution in [-0.4, -0.2) is 20.6 Å². The normalized spacial score (nSPS) is 12.5. The van der Waals surface area contributed by atoms with Gasteiger partial charge in [0.15, 0.2) is 0 Å². The molecule has 21 heavy (non-hydrogen) atoms. The predicted molar refractivity (Wildman–Crippen MR) is 80.0 cm³/mol. The van der Waals surface area contributed by atoms with Gasteiger partial charge in [-0.05, 0) is 31.5 Å². The smallest absolute Gasteiger partial charge is 0.335 e. The van der Waals surface area contributed by atoms with Crippen LogP contribution in [0.15, 0.2) is 27.8 Å². The van der Waals surface area contributed by atoms with Crippen LogP contribution < -0.4 is 11.1 Å². The molecule has 2 N–H and O–H groups in total. The average molecular weight is 290 g/mol. The summed E-state index contributed by atoms with van der Waals surface area (Å²) in [5, 5.41) is 9.00. The summed E-state index contributed by atoms with van der Waals surface area (Å²) >= 11 is 0. The molecule has 0 saturated carbocycles. The molecule has 6 nitrogen and oxygen atoms in total. The molecule has 1 unspecified atom stereocenters. The molecule has 0 fully saturated rings. The molecule has 0 spiro atoms. The SMILES string of the molecule is CCCCC(C)n1c(=O)c(=O)[nH]c2cc(C(=O)O)ccc21. The van der Waals surface area contributed by atoms with Crippen molar-refractivity contribution in [1.29, 1.82) is 0 Å². The highest BCUT2D eigenvalue weighted by Gasteiger charge is 2.14. The van der Waals surface area contributed by atoms with Gasteiger partial charge < -0.3 is 10.1 Å². The summed E-state index contributed by atoms with van der Waals surface area (Å²) in [4.78, 5) is 37.3. The molecule has 0 aliphatic rings. The summed E-state index contributed by atoms with van der Waals surface area (Å²) in [5.74, 6) is -1.07. The molecule has 0 amide bonds. The fourth-order valence-corrected chi connectivity index (χ4v) is 2.44. The van der Waals surface area contributed by atoms with Crippen molar-refractivity contribution in [3.8, 4) is 0 Å². The van der Waals surface area contributed by atoms with Crippen molar-refractivity contribution in [2.45, 2.75) is 39.2 Å². The number of hydrogen-bond donors (Lipinski definition) is 2. The number of rotatable bonds is 5. The van der Waals surface area contributed by atoms with E-state index < -0.39 is 17.1 Å². The lowest BCUT2D eigenvalue weighted by atomic mass is 10.1. The Balaban J connectivity index is 2.68. The first-order valence-corrected chi connectivity index (χ1v) is 6.97. The minimum atomic E-state index is -1.07. The van der Waals surface area contributed by atoms with Crippen molar-refractivity contribution in [3.63, 3.8) is 0 Å². The third-order valence-corrected chi connectivity index (χ3v) is 3.58. The molecule has 0 radical (unpaired) electrons. The van der Waals surface area contributed by atoms with Gasteiger partial charge in [0.25, 0.3) is 0 Å². The molecule has 112 valence electrons.